The summed E-state index contributed by atoms with van der Waals surface area (Å²) in [7, 11) is -4.69. The molecule has 1 aromatic carbocycles. The van der Waals surface area contributed by atoms with Gasteiger partial charge in [0.05, 0.1) is 5.02 Å². The average molecular weight is 253 g/mol. The maximum atomic E-state index is 13.1. The minimum Gasteiger partial charge on any atom is -0.294 e. The molecule has 0 saturated carbocycles. The quantitative estimate of drug-likeness (QED) is 0.645. The van der Waals surface area contributed by atoms with Gasteiger partial charge in [-0.3, -0.25) is 9.35 Å². The molecular weight excluding hydrogens is 247 g/mol. The van der Waals surface area contributed by atoms with Crippen LogP contribution < -0.4 is 0 Å². The number of benzene rings is 1. The van der Waals surface area contributed by atoms with Gasteiger partial charge in [-0.05, 0) is 19.1 Å². The molecule has 15 heavy (non-hydrogen) atoms. The summed E-state index contributed by atoms with van der Waals surface area (Å²) < 4.78 is 43.1. The summed E-state index contributed by atoms with van der Waals surface area (Å²) in [5, 5.41) is -0.201. The number of Topliss-reactive ketones (excluding diaryl/α,β-unsaturated/α-hetero) is 1. The number of hydrogen-bond acceptors (Lipinski definition) is 3. The number of hydrogen-bond donors (Lipinski definition) is 1. The Hall–Kier alpha value is -0.980. The molecule has 0 aromatic heterocycles. The number of carbonyl (C=O) groups excluding carboxylic acids is 1. The number of rotatable bonds is 2. The van der Waals surface area contributed by atoms with E-state index in [1.54, 1.807) is 0 Å². The monoisotopic (exact) mass is 252 g/mol. The van der Waals surface area contributed by atoms with Crippen molar-refractivity contribution in [3.05, 3.63) is 28.5 Å². The molecule has 0 saturated heterocycles. The molecule has 0 aliphatic rings. The molecule has 1 aromatic rings. The minimum absolute atomic E-state index is 0.161. The van der Waals surface area contributed by atoms with Gasteiger partial charge in [0.2, 0.25) is 0 Å². The van der Waals surface area contributed by atoms with Gasteiger partial charge in [0.1, 0.15) is 10.7 Å². The van der Waals surface area contributed by atoms with Crippen molar-refractivity contribution in [2.75, 3.05) is 0 Å². The second kappa shape index (κ2) is 3.88. The smallest absolute Gasteiger partial charge is 0.294 e. The van der Waals surface area contributed by atoms with Crippen LogP contribution in [0.15, 0.2) is 17.0 Å². The fourth-order valence-corrected chi connectivity index (χ4v) is 1.85. The predicted octanol–water partition coefficient (Wildman–Crippen LogP) is 1.93. The van der Waals surface area contributed by atoms with Crippen LogP contribution in [0.2, 0.25) is 5.02 Å². The van der Waals surface area contributed by atoms with Gasteiger partial charge in [0.15, 0.2) is 5.78 Å². The molecule has 82 valence electrons. The van der Waals surface area contributed by atoms with Crippen LogP contribution >= 0.6 is 11.6 Å². The molecular formula is C8H6ClFO4S. The van der Waals surface area contributed by atoms with E-state index >= 15 is 0 Å². The van der Waals surface area contributed by atoms with Crippen LogP contribution in [0.5, 0.6) is 0 Å². The fraction of sp³-hybridized carbons (Fsp3) is 0.125. The number of ketones is 1. The molecule has 0 heterocycles. The van der Waals surface area contributed by atoms with Crippen LogP contribution in [-0.4, -0.2) is 18.8 Å². The highest BCUT2D eigenvalue weighted by atomic mass is 35.5. The third-order valence-corrected chi connectivity index (χ3v) is 2.86. The highest BCUT2D eigenvalue weighted by Gasteiger charge is 2.20. The Balaban J connectivity index is 3.58. The maximum Gasteiger partial charge on any atom is 0.297 e. The van der Waals surface area contributed by atoms with Crippen LogP contribution in [0.4, 0.5) is 4.39 Å². The number of halogens is 2. The lowest BCUT2D eigenvalue weighted by molar-refractivity contribution is 0.101. The van der Waals surface area contributed by atoms with Crippen molar-refractivity contribution >= 4 is 27.5 Å². The van der Waals surface area contributed by atoms with Crippen LogP contribution in [0.1, 0.15) is 17.3 Å². The highest BCUT2D eigenvalue weighted by molar-refractivity contribution is 7.85. The zero-order valence-corrected chi connectivity index (χ0v) is 9.06. The third kappa shape index (κ3) is 2.53. The second-order valence-corrected chi connectivity index (χ2v) is 4.59. The Labute approximate surface area is 90.4 Å². The lowest BCUT2D eigenvalue weighted by atomic mass is 10.1. The standard InChI is InChI=1S/C8H6ClFO4S/c1-4(11)5-2-8(15(12,13)14)7(10)3-6(5)9/h2-3H,1H3,(H,12,13,14). The van der Waals surface area contributed by atoms with Gasteiger partial charge < -0.3 is 0 Å². The molecule has 0 spiro atoms. The van der Waals surface area contributed by atoms with Gasteiger partial charge in [-0.15, -0.1) is 0 Å². The van der Waals surface area contributed by atoms with Crippen molar-refractivity contribution in [2.45, 2.75) is 11.8 Å². The summed E-state index contributed by atoms with van der Waals surface area (Å²) in [4.78, 5) is 10.0. The van der Waals surface area contributed by atoms with Crippen LogP contribution in [0.3, 0.4) is 0 Å². The van der Waals surface area contributed by atoms with Gasteiger partial charge in [0.25, 0.3) is 10.1 Å². The molecule has 4 nitrogen and oxygen atoms in total. The van der Waals surface area contributed by atoms with Gasteiger partial charge in [-0.2, -0.15) is 8.42 Å². The SMILES string of the molecule is CC(=O)c1cc(S(=O)(=O)O)c(F)cc1Cl. The van der Waals surface area contributed by atoms with Crippen LogP contribution in [0, 0.1) is 5.82 Å². The van der Waals surface area contributed by atoms with Crippen molar-refractivity contribution < 1.29 is 22.2 Å². The molecule has 0 atom stereocenters. The molecule has 0 amide bonds. The normalized spacial score (nSPS) is 11.5. The van der Waals surface area contributed by atoms with Crippen molar-refractivity contribution in [1.29, 1.82) is 0 Å². The van der Waals surface area contributed by atoms with E-state index in [2.05, 4.69) is 0 Å². The van der Waals surface area contributed by atoms with Crippen molar-refractivity contribution in [3.8, 4) is 0 Å². The first-order chi connectivity index (χ1) is 6.73. The Kier molecular flexibility index (Phi) is 3.13. The average Bonchev–Trinajstić information content (AvgIpc) is 2.00. The summed E-state index contributed by atoms with van der Waals surface area (Å²) in [5.74, 6) is -1.72. The fourth-order valence-electron chi connectivity index (χ4n) is 0.997. The van der Waals surface area contributed by atoms with Gasteiger partial charge in [-0.25, -0.2) is 4.39 Å². The van der Waals surface area contributed by atoms with Gasteiger partial charge in [0, 0.05) is 5.56 Å². The molecule has 1 rings (SSSR count). The summed E-state index contributed by atoms with van der Waals surface area (Å²) in [6, 6.07) is 1.37. The van der Waals surface area contributed by atoms with E-state index in [1.807, 2.05) is 0 Å². The van der Waals surface area contributed by atoms with E-state index < -0.39 is 26.6 Å². The first-order valence-corrected chi connectivity index (χ1v) is 5.52. The Morgan fingerprint density at radius 2 is 2.00 bits per heavy atom. The third-order valence-electron chi connectivity index (χ3n) is 1.68. The largest absolute Gasteiger partial charge is 0.297 e. The Morgan fingerprint density at radius 1 is 1.47 bits per heavy atom. The van der Waals surface area contributed by atoms with Crippen molar-refractivity contribution in [3.63, 3.8) is 0 Å². The lowest BCUT2D eigenvalue weighted by Crippen LogP contribution is -2.05. The molecule has 0 radical (unpaired) electrons. The van der Waals surface area contributed by atoms with E-state index in [9.17, 15) is 17.6 Å². The first kappa shape index (κ1) is 12.1. The maximum absolute atomic E-state index is 13.1. The van der Waals surface area contributed by atoms with E-state index in [0.29, 0.717) is 12.1 Å². The molecule has 7 heteroatoms. The summed E-state index contributed by atoms with van der Waals surface area (Å²) >= 11 is 5.51. The lowest BCUT2D eigenvalue weighted by Gasteiger charge is -2.04. The Bertz CT molecular complexity index is 524. The van der Waals surface area contributed by atoms with E-state index in [1.165, 1.54) is 0 Å². The molecule has 1 N–H and O–H groups in total. The van der Waals surface area contributed by atoms with E-state index in [0.717, 1.165) is 6.92 Å². The molecule has 0 unspecified atom stereocenters. The van der Waals surface area contributed by atoms with E-state index in [4.69, 9.17) is 16.2 Å². The van der Waals surface area contributed by atoms with Crippen molar-refractivity contribution in [1.82, 2.24) is 0 Å². The summed E-state index contributed by atoms with van der Waals surface area (Å²) in [6.07, 6.45) is 0. The molecule has 0 aliphatic heterocycles. The summed E-state index contributed by atoms with van der Waals surface area (Å²) in [5.41, 5.74) is -0.161. The van der Waals surface area contributed by atoms with E-state index in [-0.39, 0.29) is 10.6 Å². The van der Waals surface area contributed by atoms with Crippen LogP contribution in [0.25, 0.3) is 0 Å². The zero-order valence-electron chi connectivity index (χ0n) is 7.49. The topological polar surface area (TPSA) is 71.4 Å². The molecule has 0 bridgehead atoms. The zero-order chi connectivity index (χ0) is 11.8. The van der Waals surface area contributed by atoms with Gasteiger partial charge >= 0.3 is 0 Å². The first-order valence-electron chi connectivity index (χ1n) is 3.71. The van der Waals surface area contributed by atoms with Gasteiger partial charge in [-0.1, -0.05) is 11.6 Å². The Morgan fingerprint density at radius 3 is 2.40 bits per heavy atom. The predicted molar refractivity (Wildman–Crippen MR) is 51.2 cm³/mol. The number of carbonyl (C=O) groups is 1. The highest BCUT2D eigenvalue weighted by Crippen LogP contribution is 2.24. The van der Waals surface area contributed by atoms with Crippen LogP contribution in [-0.2, 0) is 10.1 Å². The minimum atomic E-state index is -4.69. The summed E-state index contributed by atoms with van der Waals surface area (Å²) in [6.45, 7) is 1.15. The van der Waals surface area contributed by atoms with Crippen molar-refractivity contribution in [2.24, 2.45) is 0 Å². The second-order valence-electron chi connectivity index (χ2n) is 2.79. The molecule has 0 fully saturated rings. The molecule has 0 aliphatic carbocycles.